The first-order valence-electron chi connectivity index (χ1n) is 7.02. The smallest absolute Gasteiger partial charge is 0.241 e. The lowest BCUT2D eigenvalue weighted by molar-refractivity contribution is -0.120. The maximum atomic E-state index is 12.3. The van der Waals surface area contributed by atoms with Crippen LogP contribution in [0.2, 0.25) is 5.02 Å². The molecule has 1 rings (SSSR count). The number of likely N-dealkylation sites (N-methyl/N-ethyl adjacent to an activating group) is 1. The summed E-state index contributed by atoms with van der Waals surface area (Å²) in [4.78, 5) is 16.4. The Morgan fingerprint density at radius 1 is 1.33 bits per heavy atom. The summed E-state index contributed by atoms with van der Waals surface area (Å²) >= 11 is 5.92. The normalized spacial score (nSPS) is 12.7. The number of rotatable bonds is 7. The monoisotopic (exact) mass is 312 g/mol. The highest BCUT2D eigenvalue weighted by molar-refractivity contribution is 6.31. The van der Waals surface area contributed by atoms with E-state index < -0.39 is 0 Å². The molecule has 1 amide bonds. The highest BCUT2D eigenvalue weighted by Gasteiger charge is 2.18. The van der Waals surface area contributed by atoms with E-state index in [1.165, 1.54) is 0 Å². The molecule has 5 nitrogen and oxygen atoms in total. The molecule has 0 aliphatic carbocycles. The molecule has 0 heterocycles. The Morgan fingerprint density at radius 2 is 2.00 bits per heavy atom. The molecule has 1 unspecified atom stereocenters. The van der Waals surface area contributed by atoms with Gasteiger partial charge in [-0.15, -0.1) is 0 Å². The third-order valence-corrected chi connectivity index (χ3v) is 3.67. The van der Waals surface area contributed by atoms with Gasteiger partial charge in [-0.2, -0.15) is 0 Å². The molecule has 1 aromatic rings. The van der Waals surface area contributed by atoms with E-state index in [1.807, 2.05) is 33.0 Å². The summed E-state index contributed by atoms with van der Waals surface area (Å²) in [6, 6.07) is 4.81. The van der Waals surface area contributed by atoms with Crippen LogP contribution in [0.5, 0.6) is 0 Å². The quantitative estimate of drug-likeness (QED) is 0.757. The van der Waals surface area contributed by atoms with Gasteiger partial charge in [0.25, 0.3) is 0 Å². The maximum absolute atomic E-state index is 12.3. The van der Waals surface area contributed by atoms with Crippen molar-refractivity contribution in [3.63, 3.8) is 0 Å². The van der Waals surface area contributed by atoms with Gasteiger partial charge in [0.05, 0.1) is 17.4 Å². The fourth-order valence-corrected chi connectivity index (χ4v) is 2.08. The van der Waals surface area contributed by atoms with Gasteiger partial charge in [0.15, 0.2) is 0 Å². The largest absolute Gasteiger partial charge is 0.397 e. The minimum Gasteiger partial charge on any atom is -0.397 e. The first-order chi connectivity index (χ1) is 9.81. The third-order valence-electron chi connectivity index (χ3n) is 3.43. The molecule has 0 spiro atoms. The molecule has 0 saturated heterocycles. The van der Waals surface area contributed by atoms with Gasteiger partial charge in [-0.3, -0.25) is 9.69 Å². The summed E-state index contributed by atoms with van der Waals surface area (Å²) in [7, 11) is 6.03. The number of halogens is 1. The van der Waals surface area contributed by atoms with Crippen molar-refractivity contribution < 1.29 is 4.79 Å². The molecule has 0 radical (unpaired) electrons. The van der Waals surface area contributed by atoms with E-state index >= 15 is 0 Å². The number of hydrogen-bond acceptors (Lipinski definition) is 4. The van der Waals surface area contributed by atoms with Crippen molar-refractivity contribution in [1.29, 1.82) is 0 Å². The number of hydrogen-bond donors (Lipinski definition) is 2. The molecule has 1 aromatic carbocycles. The zero-order valence-corrected chi connectivity index (χ0v) is 13.9. The molecule has 6 heteroatoms. The Bertz CT molecular complexity index is 479. The number of nitrogen functional groups attached to an aromatic ring is 1. The Kier molecular flexibility index (Phi) is 6.95. The van der Waals surface area contributed by atoms with Gasteiger partial charge in [0, 0.05) is 5.02 Å². The van der Waals surface area contributed by atoms with Crippen molar-refractivity contribution >= 4 is 28.9 Å². The zero-order chi connectivity index (χ0) is 16.0. The van der Waals surface area contributed by atoms with Gasteiger partial charge in [-0.1, -0.05) is 11.6 Å². The average molecular weight is 313 g/mol. The van der Waals surface area contributed by atoms with Gasteiger partial charge in [-0.05, 0) is 65.8 Å². The number of nitrogens with two attached hydrogens (primary N) is 1. The van der Waals surface area contributed by atoms with Gasteiger partial charge >= 0.3 is 0 Å². The van der Waals surface area contributed by atoms with Gasteiger partial charge in [0.2, 0.25) is 5.91 Å². The van der Waals surface area contributed by atoms with Crippen molar-refractivity contribution in [1.82, 2.24) is 9.80 Å². The Balaban J connectivity index is 2.55. The van der Waals surface area contributed by atoms with Gasteiger partial charge in [0.1, 0.15) is 0 Å². The average Bonchev–Trinajstić information content (AvgIpc) is 2.41. The lowest BCUT2D eigenvalue weighted by Gasteiger charge is -2.24. The molecule has 0 aromatic heterocycles. The molecule has 3 N–H and O–H groups in total. The number of carbonyl (C=O) groups excluding carboxylic acids is 1. The lowest BCUT2D eigenvalue weighted by Crippen LogP contribution is -2.40. The molecule has 0 bridgehead atoms. The SMILES string of the molecule is CC(C(=O)Nc1cc(Cl)ccc1N)N(C)CCCN(C)C. The van der Waals surface area contributed by atoms with E-state index in [4.69, 9.17) is 17.3 Å². The van der Waals surface area contributed by atoms with Crippen LogP contribution in [0.3, 0.4) is 0 Å². The van der Waals surface area contributed by atoms with Crippen LogP contribution in [-0.2, 0) is 4.79 Å². The molecule has 1 atom stereocenters. The lowest BCUT2D eigenvalue weighted by atomic mass is 10.2. The zero-order valence-electron chi connectivity index (χ0n) is 13.2. The maximum Gasteiger partial charge on any atom is 0.241 e. The predicted octanol–water partition coefficient (Wildman–Crippen LogP) is 2.13. The molecule has 0 fully saturated rings. The second kappa shape index (κ2) is 8.22. The first-order valence-corrected chi connectivity index (χ1v) is 7.40. The van der Waals surface area contributed by atoms with Crippen molar-refractivity contribution in [3.05, 3.63) is 23.2 Å². The summed E-state index contributed by atoms with van der Waals surface area (Å²) in [6.45, 7) is 3.74. The van der Waals surface area contributed by atoms with Crippen LogP contribution < -0.4 is 11.1 Å². The summed E-state index contributed by atoms with van der Waals surface area (Å²) in [5.41, 5.74) is 6.90. The van der Waals surface area contributed by atoms with Crippen molar-refractivity contribution in [2.45, 2.75) is 19.4 Å². The molecule has 118 valence electrons. The number of benzene rings is 1. The summed E-state index contributed by atoms with van der Waals surface area (Å²) in [5, 5.41) is 3.38. The van der Waals surface area contributed by atoms with Crippen LogP contribution >= 0.6 is 11.6 Å². The third kappa shape index (κ3) is 5.91. The number of nitrogens with zero attached hydrogens (tertiary/aromatic N) is 2. The van der Waals surface area contributed by atoms with Crippen molar-refractivity contribution in [2.75, 3.05) is 45.3 Å². The van der Waals surface area contributed by atoms with E-state index in [0.717, 1.165) is 19.5 Å². The summed E-state index contributed by atoms with van der Waals surface area (Å²) in [5.74, 6) is -0.0867. The minimum absolute atomic E-state index is 0.0867. The molecule has 0 aliphatic heterocycles. The Labute approximate surface area is 132 Å². The highest BCUT2D eigenvalue weighted by atomic mass is 35.5. The predicted molar refractivity (Wildman–Crippen MR) is 89.8 cm³/mol. The van der Waals surface area contributed by atoms with Crippen LogP contribution in [0.4, 0.5) is 11.4 Å². The molecule has 21 heavy (non-hydrogen) atoms. The van der Waals surface area contributed by atoms with Gasteiger partial charge in [-0.25, -0.2) is 0 Å². The summed E-state index contributed by atoms with van der Waals surface area (Å²) in [6.07, 6.45) is 1.01. The van der Waals surface area contributed by atoms with E-state index in [1.54, 1.807) is 18.2 Å². The second-order valence-electron chi connectivity index (χ2n) is 5.53. The number of amides is 1. The highest BCUT2D eigenvalue weighted by Crippen LogP contribution is 2.23. The first kappa shape index (κ1) is 17.8. The van der Waals surface area contributed by atoms with Crippen molar-refractivity contribution in [3.8, 4) is 0 Å². The second-order valence-corrected chi connectivity index (χ2v) is 5.97. The van der Waals surface area contributed by atoms with Crippen LogP contribution in [-0.4, -0.2) is 56.0 Å². The molecular weight excluding hydrogens is 288 g/mol. The van der Waals surface area contributed by atoms with Crippen molar-refractivity contribution in [2.24, 2.45) is 0 Å². The van der Waals surface area contributed by atoms with E-state index in [9.17, 15) is 4.79 Å². The summed E-state index contributed by atoms with van der Waals surface area (Å²) < 4.78 is 0. The minimum atomic E-state index is -0.231. The molecule has 0 aliphatic rings. The molecular formula is C15H25ClN4O. The molecule has 0 saturated carbocycles. The topological polar surface area (TPSA) is 61.6 Å². The number of carbonyl (C=O) groups is 1. The van der Waals surface area contributed by atoms with Crippen LogP contribution in [0.1, 0.15) is 13.3 Å². The Hall–Kier alpha value is -1.30. The van der Waals surface area contributed by atoms with Crippen LogP contribution in [0.25, 0.3) is 0 Å². The van der Waals surface area contributed by atoms with E-state index in [0.29, 0.717) is 16.4 Å². The Morgan fingerprint density at radius 3 is 2.62 bits per heavy atom. The van der Waals surface area contributed by atoms with Crippen LogP contribution in [0, 0.1) is 0 Å². The fourth-order valence-electron chi connectivity index (χ4n) is 1.90. The fraction of sp³-hybridized carbons (Fsp3) is 0.533. The van der Waals surface area contributed by atoms with E-state index in [-0.39, 0.29) is 11.9 Å². The number of anilines is 2. The van der Waals surface area contributed by atoms with Crippen LogP contribution in [0.15, 0.2) is 18.2 Å². The standard InChI is InChI=1S/C15H25ClN4O/c1-11(20(4)9-5-8-19(2)3)15(21)18-14-10-12(16)6-7-13(14)17/h6-7,10-11H,5,8-9,17H2,1-4H3,(H,18,21). The van der Waals surface area contributed by atoms with E-state index in [2.05, 4.69) is 10.2 Å². The number of nitrogens with one attached hydrogen (secondary N) is 1. The van der Waals surface area contributed by atoms with Gasteiger partial charge < -0.3 is 16.0 Å².